The quantitative estimate of drug-likeness (QED) is 0.745. The molecule has 0 aromatic carbocycles. The minimum Gasteiger partial charge on any atom is -0.394 e. The van der Waals surface area contributed by atoms with Crippen molar-refractivity contribution in [2.24, 2.45) is 5.41 Å². The highest BCUT2D eigenvalue weighted by molar-refractivity contribution is 5.33. The molecule has 2 N–H and O–H groups in total. The van der Waals surface area contributed by atoms with E-state index in [1.54, 1.807) is 18.3 Å². The molecular formula is C10H11N3O. The van der Waals surface area contributed by atoms with E-state index in [0.717, 1.165) is 12.8 Å². The van der Waals surface area contributed by atoms with Crippen molar-refractivity contribution in [3.8, 4) is 6.07 Å². The first-order valence-corrected chi connectivity index (χ1v) is 4.53. The van der Waals surface area contributed by atoms with Crippen LogP contribution in [0, 0.1) is 16.7 Å². The first-order chi connectivity index (χ1) is 6.67. The molecule has 4 heteroatoms. The van der Waals surface area contributed by atoms with Crippen LogP contribution in [0.5, 0.6) is 0 Å². The van der Waals surface area contributed by atoms with Gasteiger partial charge in [-0.3, -0.25) is 4.79 Å². The molecule has 0 unspecified atom stereocenters. The van der Waals surface area contributed by atoms with Crippen molar-refractivity contribution in [3.05, 3.63) is 28.7 Å². The Bertz CT molecular complexity index is 451. The second-order valence-electron chi connectivity index (χ2n) is 3.79. The van der Waals surface area contributed by atoms with Crippen LogP contribution in [-0.2, 0) is 6.54 Å². The summed E-state index contributed by atoms with van der Waals surface area (Å²) in [6.07, 6.45) is 3.44. The zero-order valence-corrected chi connectivity index (χ0v) is 7.73. The third-order valence-electron chi connectivity index (χ3n) is 2.61. The Morgan fingerprint density at radius 3 is 2.93 bits per heavy atom. The summed E-state index contributed by atoms with van der Waals surface area (Å²) in [6, 6.07) is 5.55. The molecule has 72 valence electrons. The third kappa shape index (κ3) is 1.37. The van der Waals surface area contributed by atoms with Crippen molar-refractivity contribution in [1.29, 1.82) is 5.26 Å². The summed E-state index contributed by atoms with van der Waals surface area (Å²) in [7, 11) is 0. The smallest absolute Gasteiger partial charge is 0.273 e. The second kappa shape index (κ2) is 2.88. The Morgan fingerprint density at radius 2 is 2.36 bits per heavy atom. The van der Waals surface area contributed by atoms with Gasteiger partial charge in [0.1, 0.15) is 0 Å². The fraction of sp³-hybridized carbons (Fsp3) is 0.400. The average molecular weight is 189 g/mol. The molecule has 2 rings (SSSR count). The van der Waals surface area contributed by atoms with E-state index in [1.807, 2.05) is 0 Å². The lowest BCUT2D eigenvalue weighted by Crippen LogP contribution is -2.25. The van der Waals surface area contributed by atoms with Gasteiger partial charge < -0.3 is 10.3 Å². The van der Waals surface area contributed by atoms with Gasteiger partial charge in [-0.2, -0.15) is 5.26 Å². The molecule has 1 saturated carbocycles. The molecule has 0 spiro atoms. The monoisotopic (exact) mass is 189 g/mol. The van der Waals surface area contributed by atoms with Gasteiger partial charge >= 0.3 is 0 Å². The molecule has 0 bridgehead atoms. The van der Waals surface area contributed by atoms with Gasteiger partial charge in [0.25, 0.3) is 5.56 Å². The lowest BCUT2D eigenvalue weighted by Gasteiger charge is -2.08. The van der Waals surface area contributed by atoms with Crippen LogP contribution in [0.4, 0.5) is 5.69 Å². The van der Waals surface area contributed by atoms with Gasteiger partial charge in [-0.15, -0.1) is 0 Å². The summed E-state index contributed by atoms with van der Waals surface area (Å²) in [4.78, 5) is 11.5. The standard InChI is InChI=1S/C10H11N3O/c11-6-10(3-4-10)7-13-5-1-2-8(12)9(13)14/h1-2,5H,3-4,7,12H2. The lowest BCUT2D eigenvalue weighted by atomic mass is 10.1. The molecule has 0 amide bonds. The normalized spacial score (nSPS) is 17.4. The van der Waals surface area contributed by atoms with Gasteiger partial charge in [-0.05, 0) is 25.0 Å². The molecule has 1 fully saturated rings. The molecule has 0 aliphatic heterocycles. The van der Waals surface area contributed by atoms with E-state index >= 15 is 0 Å². The van der Waals surface area contributed by atoms with E-state index in [0.29, 0.717) is 6.54 Å². The van der Waals surface area contributed by atoms with Gasteiger partial charge in [0.2, 0.25) is 0 Å². The number of hydrogen-bond acceptors (Lipinski definition) is 3. The summed E-state index contributed by atoms with van der Waals surface area (Å²) in [5.41, 5.74) is 5.21. The van der Waals surface area contributed by atoms with E-state index in [9.17, 15) is 4.79 Å². The summed E-state index contributed by atoms with van der Waals surface area (Å²) in [6.45, 7) is 0.466. The lowest BCUT2D eigenvalue weighted by molar-refractivity contribution is 0.516. The molecular weight excluding hydrogens is 178 g/mol. The Balaban J connectivity index is 2.31. The van der Waals surface area contributed by atoms with Crippen LogP contribution < -0.4 is 11.3 Å². The Kier molecular flexibility index (Phi) is 1.81. The van der Waals surface area contributed by atoms with Crippen molar-refractivity contribution in [2.45, 2.75) is 19.4 Å². The minimum atomic E-state index is -0.308. The molecule has 1 heterocycles. The van der Waals surface area contributed by atoms with Gasteiger partial charge in [0.15, 0.2) is 0 Å². The molecule has 1 aromatic rings. The first-order valence-electron chi connectivity index (χ1n) is 4.53. The van der Waals surface area contributed by atoms with Crippen molar-refractivity contribution in [1.82, 2.24) is 4.57 Å². The zero-order valence-electron chi connectivity index (χ0n) is 7.73. The molecule has 0 radical (unpaired) electrons. The number of nitrogen functional groups attached to an aromatic ring is 1. The van der Waals surface area contributed by atoms with Gasteiger partial charge in [0, 0.05) is 12.7 Å². The Labute approximate surface area is 81.6 Å². The van der Waals surface area contributed by atoms with Crippen LogP contribution in [0.15, 0.2) is 23.1 Å². The van der Waals surface area contributed by atoms with Crippen molar-refractivity contribution in [2.75, 3.05) is 5.73 Å². The number of anilines is 1. The van der Waals surface area contributed by atoms with E-state index in [4.69, 9.17) is 11.0 Å². The molecule has 1 aliphatic rings. The number of nitrogens with two attached hydrogens (primary N) is 1. The summed E-state index contributed by atoms with van der Waals surface area (Å²) >= 11 is 0. The molecule has 14 heavy (non-hydrogen) atoms. The van der Waals surface area contributed by atoms with Crippen LogP contribution in [0.1, 0.15) is 12.8 Å². The maximum absolute atomic E-state index is 11.5. The number of rotatable bonds is 2. The third-order valence-corrected chi connectivity index (χ3v) is 2.61. The number of hydrogen-bond donors (Lipinski definition) is 1. The number of nitriles is 1. The number of nitrogens with zero attached hydrogens (tertiary/aromatic N) is 2. The predicted molar refractivity (Wildman–Crippen MR) is 52.4 cm³/mol. The molecule has 4 nitrogen and oxygen atoms in total. The number of pyridine rings is 1. The SMILES string of the molecule is N#CC1(Cn2cccc(N)c2=O)CC1. The van der Waals surface area contributed by atoms with Crippen LogP contribution in [-0.4, -0.2) is 4.57 Å². The molecule has 1 aliphatic carbocycles. The van der Waals surface area contributed by atoms with Crippen molar-refractivity contribution < 1.29 is 0 Å². The summed E-state index contributed by atoms with van der Waals surface area (Å²) in [5, 5.41) is 8.88. The highest BCUT2D eigenvalue weighted by Crippen LogP contribution is 2.45. The topological polar surface area (TPSA) is 71.8 Å². The predicted octanol–water partition coefficient (Wildman–Crippen LogP) is 0.734. The van der Waals surface area contributed by atoms with Crippen molar-refractivity contribution in [3.63, 3.8) is 0 Å². The second-order valence-corrected chi connectivity index (χ2v) is 3.79. The van der Waals surface area contributed by atoms with Crippen LogP contribution in [0.3, 0.4) is 0 Å². The van der Waals surface area contributed by atoms with Gasteiger partial charge in [0.05, 0.1) is 17.2 Å². The highest BCUT2D eigenvalue weighted by atomic mass is 16.1. The van der Waals surface area contributed by atoms with Crippen molar-refractivity contribution >= 4 is 5.69 Å². The fourth-order valence-corrected chi connectivity index (χ4v) is 1.46. The molecule has 1 aromatic heterocycles. The summed E-state index contributed by atoms with van der Waals surface area (Å²) < 4.78 is 1.52. The van der Waals surface area contributed by atoms with E-state index in [2.05, 4.69) is 6.07 Å². The van der Waals surface area contributed by atoms with Gasteiger partial charge in [-0.1, -0.05) is 0 Å². The van der Waals surface area contributed by atoms with Crippen LogP contribution in [0.25, 0.3) is 0 Å². The average Bonchev–Trinajstić information content (AvgIpc) is 2.94. The van der Waals surface area contributed by atoms with E-state index < -0.39 is 0 Å². The molecule has 0 atom stereocenters. The van der Waals surface area contributed by atoms with Crippen LogP contribution >= 0.6 is 0 Å². The largest absolute Gasteiger partial charge is 0.394 e. The minimum absolute atomic E-state index is 0.200. The Morgan fingerprint density at radius 1 is 1.64 bits per heavy atom. The maximum Gasteiger partial charge on any atom is 0.273 e. The molecule has 0 saturated heterocycles. The fourth-order valence-electron chi connectivity index (χ4n) is 1.46. The van der Waals surface area contributed by atoms with E-state index in [1.165, 1.54) is 4.57 Å². The zero-order chi connectivity index (χ0) is 10.2. The maximum atomic E-state index is 11.5. The van der Waals surface area contributed by atoms with E-state index in [-0.39, 0.29) is 16.7 Å². The Hall–Kier alpha value is -1.76. The van der Waals surface area contributed by atoms with Crippen LogP contribution in [0.2, 0.25) is 0 Å². The number of aromatic nitrogens is 1. The first kappa shape index (κ1) is 8.82. The highest BCUT2D eigenvalue weighted by Gasteiger charge is 2.43. The summed E-state index contributed by atoms with van der Waals surface area (Å²) in [5.74, 6) is 0. The van der Waals surface area contributed by atoms with Gasteiger partial charge in [-0.25, -0.2) is 0 Å².